The van der Waals surface area contributed by atoms with Crippen molar-refractivity contribution in [1.29, 1.82) is 0 Å². The Balaban J connectivity index is 1.49. The molecule has 0 saturated carbocycles. The van der Waals surface area contributed by atoms with E-state index in [-0.39, 0.29) is 5.78 Å². The van der Waals surface area contributed by atoms with E-state index in [9.17, 15) is 13.2 Å². The molecule has 0 fully saturated rings. The molecule has 3 aromatic rings. The number of anilines is 1. The standard InChI is InChI=1S/C21H23N3O3S2/c1-15-8-3-5-10-17(15)20(25)18-14-28-21(24-18)22-12-7-13-23-29(26,27)19-11-6-4-9-16(19)2/h3-6,8-11,14,23H,7,12-13H2,1-2H3,(H,22,24). The highest BCUT2D eigenvalue weighted by Crippen LogP contribution is 2.20. The first-order chi connectivity index (χ1) is 13.9. The second kappa shape index (κ2) is 9.30. The predicted molar refractivity (Wildman–Crippen MR) is 116 cm³/mol. The Kier molecular flexibility index (Phi) is 6.79. The molecule has 1 aromatic heterocycles. The number of rotatable bonds is 9. The van der Waals surface area contributed by atoms with E-state index in [1.54, 1.807) is 36.6 Å². The largest absolute Gasteiger partial charge is 0.361 e. The van der Waals surface area contributed by atoms with Crippen LogP contribution >= 0.6 is 11.3 Å². The molecule has 2 aromatic carbocycles. The lowest BCUT2D eigenvalue weighted by Crippen LogP contribution is -2.26. The predicted octanol–water partition coefficient (Wildman–Crippen LogP) is 3.77. The highest BCUT2D eigenvalue weighted by atomic mass is 32.2. The van der Waals surface area contributed by atoms with Gasteiger partial charge in [-0.05, 0) is 37.5 Å². The van der Waals surface area contributed by atoms with Crippen molar-refractivity contribution in [1.82, 2.24) is 9.71 Å². The van der Waals surface area contributed by atoms with E-state index >= 15 is 0 Å². The van der Waals surface area contributed by atoms with Crippen molar-refractivity contribution in [2.45, 2.75) is 25.2 Å². The second-order valence-corrected chi connectivity index (χ2v) is 9.22. The summed E-state index contributed by atoms with van der Waals surface area (Å²) in [7, 11) is -3.51. The number of thiazole rings is 1. The molecule has 6 nitrogen and oxygen atoms in total. The molecule has 29 heavy (non-hydrogen) atoms. The third-order valence-corrected chi connectivity index (χ3v) is 6.85. The number of benzene rings is 2. The van der Waals surface area contributed by atoms with Gasteiger partial charge in [-0.2, -0.15) is 0 Å². The van der Waals surface area contributed by atoms with E-state index in [4.69, 9.17) is 0 Å². The van der Waals surface area contributed by atoms with Gasteiger partial charge in [-0.15, -0.1) is 11.3 Å². The van der Waals surface area contributed by atoms with Crippen molar-refractivity contribution in [2.24, 2.45) is 0 Å². The van der Waals surface area contributed by atoms with Crippen LogP contribution in [0.3, 0.4) is 0 Å². The lowest BCUT2D eigenvalue weighted by Gasteiger charge is -2.09. The maximum absolute atomic E-state index is 12.6. The maximum atomic E-state index is 12.6. The summed E-state index contributed by atoms with van der Waals surface area (Å²) in [4.78, 5) is 17.2. The molecule has 0 atom stereocenters. The fourth-order valence-electron chi connectivity index (χ4n) is 2.85. The second-order valence-electron chi connectivity index (χ2n) is 6.63. The van der Waals surface area contributed by atoms with Gasteiger partial charge in [0.05, 0.1) is 4.90 Å². The number of nitrogens with one attached hydrogen (secondary N) is 2. The summed E-state index contributed by atoms with van der Waals surface area (Å²) < 4.78 is 27.3. The van der Waals surface area contributed by atoms with Crippen LogP contribution in [0.1, 0.15) is 33.6 Å². The Morgan fingerprint density at radius 2 is 1.69 bits per heavy atom. The summed E-state index contributed by atoms with van der Waals surface area (Å²) in [5.41, 5.74) is 2.69. The van der Waals surface area contributed by atoms with Crippen molar-refractivity contribution < 1.29 is 13.2 Å². The van der Waals surface area contributed by atoms with Gasteiger partial charge in [-0.3, -0.25) is 4.79 Å². The minimum atomic E-state index is -3.51. The zero-order valence-corrected chi connectivity index (χ0v) is 17.9. The number of aromatic nitrogens is 1. The van der Waals surface area contributed by atoms with Gasteiger partial charge < -0.3 is 5.32 Å². The first kappa shape index (κ1) is 21.2. The van der Waals surface area contributed by atoms with Crippen LogP contribution in [0.15, 0.2) is 58.8 Å². The van der Waals surface area contributed by atoms with Crippen LogP contribution in [-0.2, 0) is 10.0 Å². The number of carbonyl (C=O) groups excluding carboxylic acids is 1. The van der Waals surface area contributed by atoms with Crippen LogP contribution in [0.5, 0.6) is 0 Å². The maximum Gasteiger partial charge on any atom is 0.240 e. The molecule has 0 amide bonds. The normalized spacial score (nSPS) is 11.4. The number of hydrogen-bond acceptors (Lipinski definition) is 6. The molecule has 0 unspecified atom stereocenters. The first-order valence-electron chi connectivity index (χ1n) is 9.23. The van der Waals surface area contributed by atoms with Crippen molar-refractivity contribution >= 4 is 32.3 Å². The van der Waals surface area contributed by atoms with E-state index in [0.717, 1.165) is 5.56 Å². The molecule has 0 bridgehead atoms. The van der Waals surface area contributed by atoms with E-state index in [0.29, 0.717) is 46.4 Å². The van der Waals surface area contributed by atoms with Gasteiger partial charge in [0.15, 0.2) is 5.13 Å². The topological polar surface area (TPSA) is 88.2 Å². The zero-order valence-electron chi connectivity index (χ0n) is 16.3. The molecular formula is C21H23N3O3S2. The van der Waals surface area contributed by atoms with Crippen molar-refractivity contribution in [3.05, 3.63) is 76.3 Å². The number of sulfonamides is 1. The van der Waals surface area contributed by atoms with Crippen LogP contribution in [0.25, 0.3) is 0 Å². The third kappa shape index (κ3) is 5.29. The molecule has 0 aliphatic carbocycles. The highest BCUT2D eigenvalue weighted by Gasteiger charge is 2.16. The molecule has 2 N–H and O–H groups in total. The minimum Gasteiger partial charge on any atom is -0.361 e. The SMILES string of the molecule is Cc1ccccc1C(=O)c1csc(NCCCNS(=O)(=O)c2ccccc2C)n1. The number of aryl methyl sites for hydroxylation is 2. The van der Waals surface area contributed by atoms with Crippen molar-refractivity contribution in [2.75, 3.05) is 18.4 Å². The van der Waals surface area contributed by atoms with Gasteiger partial charge in [0.2, 0.25) is 15.8 Å². The lowest BCUT2D eigenvalue weighted by atomic mass is 10.0. The van der Waals surface area contributed by atoms with E-state index < -0.39 is 10.0 Å². The molecule has 0 aliphatic heterocycles. The first-order valence-corrected chi connectivity index (χ1v) is 11.6. The summed E-state index contributed by atoms with van der Waals surface area (Å²) >= 11 is 1.36. The van der Waals surface area contributed by atoms with Gasteiger partial charge in [-0.25, -0.2) is 18.1 Å². The Bertz CT molecular complexity index is 1110. The number of ketones is 1. The Labute approximate surface area is 175 Å². The van der Waals surface area contributed by atoms with Crippen LogP contribution in [0.4, 0.5) is 5.13 Å². The van der Waals surface area contributed by atoms with E-state index in [1.807, 2.05) is 31.2 Å². The molecule has 0 radical (unpaired) electrons. The highest BCUT2D eigenvalue weighted by molar-refractivity contribution is 7.89. The quantitative estimate of drug-likeness (QED) is 0.399. The molecule has 8 heteroatoms. The van der Waals surface area contributed by atoms with Crippen molar-refractivity contribution in [3.63, 3.8) is 0 Å². The Morgan fingerprint density at radius 1 is 1.00 bits per heavy atom. The van der Waals surface area contributed by atoms with Gasteiger partial charge in [-0.1, -0.05) is 42.5 Å². The molecular weight excluding hydrogens is 406 g/mol. The van der Waals surface area contributed by atoms with Crippen LogP contribution in [0.2, 0.25) is 0 Å². The monoisotopic (exact) mass is 429 g/mol. The Morgan fingerprint density at radius 3 is 2.41 bits per heavy atom. The Hall–Kier alpha value is -2.55. The smallest absolute Gasteiger partial charge is 0.240 e. The summed E-state index contributed by atoms with van der Waals surface area (Å²) in [6.07, 6.45) is 0.589. The van der Waals surface area contributed by atoms with E-state index in [2.05, 4.69) is 15.0 Å². The molecule has 152 valence electrons. The summed E-state index contributed by atoms with van der Waals surface area (Å²) in [6.45, 7) is 4.52. The van der Waals surface area contributed by atoms with Crippen molar-refractivity contribution in [3.8, 4) is 0 Å². The third-order valence-electron chi connectivity index (χ3n) is 4.43. The molecule has 0 saturated heterocycles. The fourth-order valence-corrected chi connectivity index (χ4v) is 4.89. The fraction of sp³-hybridized carbons (Fsp3) is 0.238. The molecule has 3 rings (SSSR count). The number of carbonyl (C=O) groups is 1. The molecule has 1 heterocycles. The summed E-state index contributed by atoms with van der Waals surface area (Å²) in [5.74, 6) is -0.0987. The zero-order chi connectivity index (χ0) is 20.9. The number of hydrogen-bond donors (Lipinski definition) is 2. The molecule has 0 aliphatic rings. The van der Waals surface area contributed by atoms with Crippen LogP contribution in [0, 0.1) is 13.8 Å². The molecule has 0 spiro atoms. The van der Waals surface area contributed by atoms with Crippen LogP contribution in [-0.4, -0.2) is 32.3 Å². The number of nitrogens with zero attached hydrogens (tertiary/aromatic N) is 1. The average molecular weight is 430 g/mol. The average Bonchev–Trinajstić information content (AvgIpc) is 3.16. The minimum absolute atomic E-state index is 0.0987. The lowest BCUT2D eigenvalue weighted by molar-refractivity contribution is 0.103. The summed E-state index contributed by atoms with van der Waals surface area (Å²) in [6, 6.07) is 14.3. The van der Waals surface area contributed by atoms with Gasteiger partial charge in [0.1, 0.15) is 5.69 Å². The van der Waals surface area contributed by atoms with E-state index in [1.165, 1.54) is 11.3 Å². The van der Waals surface area contributed by atoms with Gasteiger partial charge >= 0.3 is 0 Å². The van der Waals surface area contributed by atoms with Gasteiger partial charge in [0.25, 0.3) is 0 Å². The van der Waals surface area contributed by atoms with Crippen LogP contribution < -0.4 is 10.0 Å². The van der Waals surface area contributed by atoms with Gasteiger partial charge in [0, 0.05) is 24.0 Å². The summed E-state index contributed by atoms with van der Waals surface area (Å²) in [5, 5.41) is 5.52.